The molecular formula is C24H16Cl2N4O2. The summed E-state index contributed by atoms with van der Waals surface area (Å²) >= 11 is 12.4. The van der Waals surface area contributed by atoms with E-state index in [4.69, 9.17) is 23.2 Å². The van der Waals surface area contributed by atoms with Gasteiger partial charge in [-0.05, 0) is 47.5 Å². The number of pyridine rings is 2. The van der Waals surface area contributed by atoms with Crippen molar-refractivity contribution in [3.63, 3.8) is 0 Å². The van der Waals surface area contributed by atoms with Crippen molar-refractivity contribution in [2.45, 2.75) is 6.54 Å². The van der Waals surface area contributed by atoms with Crippen LogP contribution in [0.1, 0.15) is 5.56 Å². The van der Waals surface area contributed by atoms with Crippen molar-refractivity contribution in [1.82, 2.24) is 19.3 Å². The molecule has 0 aliphatic carbocycles. The van der Waals surface area contributed by atoms with Crippen molar-refractivity contribution in [2.24, 2.45) is 0 Å². The molecule has 3 aromatic heterocycles. The number of fused-ring (bicyclic) bond motifs is 1. The predicted molar refractivity (Wildman–Crippen MR) is 127 cm³/mol. The topological polar surface area (TPSA) is 72.7 Å². The van der Waals surface area contributed by atoms with Crippen molar-refractivity contribution < 1.29 is 0 Å². The van der Waals surface area contributed by atoms with Gasteiger partial charge in [-0.3, -0.25) is 19.7 Å². The zero-order valence-corrected chi connectivity index (χ0v) is 18.1. The molecule has 32 heavy (non-hydrogen) atoms. The molecule has 0 atom stereocenters. The third-order valence-corrected chi connectivity index (χ3v) is 5.83. The molecule has 5 rings (SSSR count). The summed E-state index contributed by atoms with van der Waals surface area (Å²) < 4.78 is 2.95. The minimum absolute atomic E-state index is 0.244. The molecule has 0 amide bonds. The van der Waals surface area contributed by atoms with Gasteiger partial charge in [0.2, 0.25) is 0 Å². The van der Waals surface area contributed by atoms with Crippen LogP contribution in [-0.2, 0) is 6.54 Å². The predicted octanol–water partition coefficient (Wildman–Crippen LogP) is 4.90. The highest BCUT2D eigenvalue weighted by Crippen LogP contribution is 2.28. The summed E-state index contributed by atoms with van der Waals surface area (Å²) in [6.45, 7) is 0.284. The summed E-state index contributed by atoms with van der Waals surface area (Å²) in [5, 5.41) is 4.41. The van der Waals surface area contributed by atoms with Gasteiger partial charge in [0.15, 0.2) is 0 Å². The molecule has 0 bridgehead atoms. The number of para-hydroxylation sites is 1. The first-order valence-corrected chi connectivity index (χ1v) is 10.6. The minimum Gasteiger partial charge on any atom is -0.303 e. The monoisotopic (exact) mass is 462 g/mol. The number of H-pyrrole nitrogens is 1. The van der Waals surface area contributed by atoms with Crippen LogP contribution in [-0.4, -0.2) is 19.3 Å². The molecule has 158 valence electrons. The Morgan fingerprint density at radius 3 is 2.34 bits per heavy atom. The third kappa shape index (κ3) is 3.53. The summed E-state index contributed by atoms with van der Waals surface area (Å²) in [4.78, 5) is 30.8. The molecule has 0 saturated carbocycles. The van der Waals surface area contributed by atoms with Crippen LogP contribution in [0, 0.1) is 0 Å². The molecule has 0 fully saturated rings. The number of nitrogens with zero attached hydrogens (tertiary/aromatic N) is 3. The first-order valence-electron chi connectivity index (χ1n) is 9.81. The molecule has 0 saturated heterocycles. The van der Waals surface area contributed by atoms with E-state index in [0.717, 1.165) is 5.56 Å². The van der Waals surface area contributed by atoms with Gasteiger partial charge in [0, 0.05) is 23.5 Å². The molecule has 0 aliphatic heterocycles. The Balaban J connectivity index is 1.85. The summed E-state index contributed by atoms with van der Waals surface area (Å²) in [6, 6.07) is 19.2. The lowest BCUT2D eigenvalue weighted by Gasteiger charge is -2.14. The van der Waals surface area contributed by atoms with E-state index in [9.17, 15) is 9.59 Å². The second kappa shape index (κ2) is 8.15. The molecule has 0 spiro atoms. The van der Waals surface area contributed by atoms with Gasteiger partial charge < -0.3 is 4.57 Å². The number of hydrogen-bond donors (Lipinski definition) is 1. The van der Waals surface area contributed by atoms with E-state index in [1.54, 1.807) is 65.5 Å². The number of aromatic nitrogens is 4. The van der Waals surface area contributed by atoms with Crippen molar-refractivity contribution in [1.29, 1.82) is 0 Å². The fraction of sp³-hybridized carbons (Fsp3) is 0.0417. The Kier molecular flexibility index (Phi) is 5.17. The fourth-order valence-electron chi connectivity index (χ4n) is 3.77. The standard InChI is InChI=1S/C24H16Cl2N4O2/c25-17-7-5-16(6-8-17)23-22-19(13-21(31)29(23)14-15-9-11-27-12-10-15)28-30(24(22)32)20-4-2-1-3-18(20)26/h1-13,28H,14H2. The molecule has 0 unspecified atom stereocenters. The maximum Gasteiger partial charge on any atom is 0.281 e. The zero-order valence-electron chi connectivity index (χ0n) is 16.6. The van der Waals surface area contributed by atoms with Gasteiger partial charge in [0.05, 0.1) is 33.9 Å². The Labute approximate surface area is 192 Å². The quantitative estimate of drug-likeness (QED) is 0.412. The minimum atomic E-state index is -0.304. The van der Waals surface area contributed by atoms with E-state index in [2.05, 4.69) is 10.1 Å². The Morgan fingerprint density at radius 1 is 0.906 bits per heavy atom. The van der Waals surface area contributed by atoms with E-state index in [-0.39, 0.29) is 17.7 Å². The first-order chi connectivity index (χ1) is 15.5. The maximum absolute atomic E-state index is 13.6. The van der Waals surface area contributed by atoms with E-state index in [1.165, 1.54) is 10.7 Å². The van der Waals surface area contributed by atoms with Crippen LogP contribution in [0.4, 0.5) is 0 Å². The molecule has 3 heterocycles. The highest BCUT2D eigenvalue weighted by atomic mass is 35.5. The van der Waals surface area contributed by atoms with Crippen molar-refractivity contribution in [2.75, 3.05) is 0 Å². The number of hydrogen-bond acceptors (Lipinski definition) is 3. The smallest absolute Gasteiger partial charge is 0.281 e. The van der Waals surface area contributed by atoms with Crippen molar-refractivity contribution in [3.8, 4) is 16.9 Å². The molecule has 2 aromatic carbocycles. The molecule has 1 N–H and O–H groups in total. The van der Waals surface area contributed by atoms with Crippen LogP contribution in [0.5, 0.6) is 0 Å². The molecule has 6 nitrogen and oxygen atoms in total. The maximum atomic E-state index is 13.6. The highest BCUT2D eigenvalue weighted by Gasteiger charge is 2.20. The van der Waals surface area contributed by atoms with E-state index >= 15 is 0 Å². The van der Waals surface area contributed by atoms with Crippen LogP contribution < -0.4 is 11.1 Å². The Hall–Kier alpha value is -3.61. The van der Waals surface area contributed by atoms with E-state index in [0.29, 0.717) is 37.9 Å². The zero-order chi connectivity index (χ0) is 22.2. The average molecular weight is 463 g/mol. The molecule has 0 radical (unpaired) electrons. The Bertz CT molecular complexity index is 1550. The second-order valence-corrected chi connectivity index (χ2v) is 8.12. The van der Waals surface area contributed by atoms with Crippen LogP contribution >= 0.6 is 23.2 Å². The number of halogens is 2. The lowest BCUT2D eigenvalue weighted by Crippen LogP contribution is -2.23. The van der Waals surface area contributed by atoms with Crippen LogP contribution in [0.3, 0.4) is 0 Å². The second-order valence-electron chi connectivity index (χ2n) is 7.27. The summed E-state index contributed by atoms with van der Waals surface area (Å²) in [5.41, 5.74) is 2.48. The number of aromatic amines is 1. The van der Waals surface area contributed by atoms with Gasteiger partial charge in [-0.15, -0.1) is 0 Å². The van der Waals surface area contributed by atoms with Gasteiger partial charge in [-0.1, -0.05) is 47.5 Å². The number of benzene rings is 2. The lowest BCUT2D eigenvalue weighted by molar-refractivity contribution is 0.773. The summed E-state index contributed by atoms with van der Waals surface area (Å²) in [6.07, 6.45) is 3.34. The normalized spacial score (nSPS) is 11.2. The molecular weight excluding hydrogens is 447 g/mol. The largest absolute Gasteiger partial charge is 0.303 e. The van der Waals surface area contributed by atoms with Gasteiger partial charge in [0.25, 0.3) is 11.1 Å². The van der Waals surface area contributed by atoms with Crippen molar-refractivity contribution in [3.05, 3.63) is 115 Å². The van der Waals surface area contributed by atoms with E-state index in [1.807, 2.05) is 12.1 Å². The van der Waals surface area contributed by atoms with Gasteiger partial charge >= 0.3 is 0 Å². The third-order valence-electron chi connectivity index (χ3n) is 5.26. The number of rotatable bonds is 4. The van der Waals surface area contributed by atoms with Gasteiger partial charge in [-0.2, -0.15) is 0 Å². The average Bonchev–Trinajstić information content (AvgIpc) is 3.11. The van der Waals surface area contributed by atoms with E-state index < -0.39 is 0 Å². The van der Waals surface area contributed by atoms with Crippen LogP contribution in [0.25, 0.3) is 27.8 Å². The van der Waals surface area contributed by atoms with Crippen LogP contribution in [0.2, 0.25) is 10.0 Å². The molecule has 5 aromatic rings. The van der Waals surface area contributed by atoms with Gasteiger partial charge in [-0.25, -0.2) is 4.68 Å². The number of nitrogens with one attached hydrogen (secondary N) is 1. The van der Waals surface area contributed by atoms with Gasteiger partial charge in [0.1, 0.15) is 0 Å². The fourth-order valence-corrected chi connectivity index (χ4v) is 4.12. The highest BCUT2D eigenvalue weighted by molar-refractivity contribution is 6.32. The summed E-state index contributed by atoms with van der Waals surface area (Å²) in [5.74, 6) is 0. The Morgan fingerprint density at radius 2 is 1.62 bits per heavy atom. The van der Waals surface area contributed by atoms with Crippen LogP contribution in [0.15, 0.2) is 88.7 Å². The molecule has 8 heteroatoms. The first kappa shape index (κ1) is 20.3. The van der Waals surface area contributed by atoms with Crippen molar-refractivity contribution >= 4 is 34.1 Å². The SMILES string of the molecule is O=c1c2c(-c3ccc(Cl)cc3)n(Cc3ccncc3)c(=O)cc2[nH]n1-c1ccccc1Cl. The lowest BCUT2D eigenvalue weighted by atomic mass is 10.1. The molecule has 0 aliphatic rings. The summed E-state index contributed by atoms with van der Waals surface area (Å²) in [7, 11) is 0.